The van der Waals surface area contributed by atoms with Crippen LogP contribution in [0.3, 0.4) is 0 Å². The van der Waals surface area contributed by atoms with Gasteiger partial charge in [0.2, 0.25) is 0 Å². The maximum Gasteiger partial charge on any atom is 0.276 e. The molecule has 1 fully saturated rings. The molecule has 0 radical (unpaired) electrons. The van der Waals surface area contributed by atoms with Crippen LogP contribution in [0.4, 0.5) is 4.39 Å². The number of ether oxygens (including phenoxy) is 2. The third-order valence-electron chi connectivity index (χ3n) is 4.27. The van der Waals surface area contributed by atoms with Crippen molar-refractivity contribution in [3.63, 3.8) is 0 Å². The van der Waals surface area contributed by atoms with Gasteiger partial charge in [-0.3, -0.25) is 4.79 Å². The second kappa shape index (κ2) is 9.19. The molecule has 146 valence electrons. The Labute approximate surface area is 162 Å². The summed E-state index contributed by atoms with van der Waals surface area (Å²) in [5, 5.41) is 4.03. The Morgan fingerprint density at radius 1 is 1.44 bits per heavy atom. The molecule has 1 aliphatic rings. The van der Waals surface area contributed by atoms with Crippen LogP contribution < -0.4 is 4.74 Å². The standard InChI is InChI=1S/C19H22ClFN2O4/c1-2-7-23(11-14-4-3-8-25-14)19(24)17-10-15(27-22-17)12-26-18-6-5-13(21)9-16(18)20/h5-6,9-10,14H,2-4,7-8,11-12H2,1H3. The van der Waals surface area contributed by atoms with Gasteiger partial charge in [0.1, 0.15) is 18.2 Å². The molecule has 2 heterocycles. The summed E-state index contributed by atoms with van der Waals surface area (Å²) in [6.45, 7) is 3.98. The van der Waals surface area contributed by atoms with Gasteiger partial charge in [-0.05, 0) is 37.5 Å². The molecule has 1 saturated heterocycles. The van der Waals surface area contributed by atoms with Gasteiger partial charge in [-0.25, -0.2) is 4.39 Å². The molecule has 1 aliphatic heterocycles. The van der Waals surface area contributed by atoms with Crippen molar-refractivity contribution in [3.8, 4) is 5.75 Å². The zero-order valence-electron chi connectivity index (χ0n) is 15.1. The lowest BCUT2D eigenvalue weighted by Crippen LogP contribution is -2.38. The molecule has 8 heteroatoms. The van der Waals surface area contributed by atoms with E-state index < -0.39 is 5.82 Å². The minimum absolute atomic E-state index is 0.0329. The highest BCUT2D eigenvalue weighted by atomic mass is 35.5. The summed E-state index contributed by atoms with van der Waals surface area (Å²) < 4.78 is 29.4. The van der Waals surface area contributed by atoms with Crippen LogP contribution in [0, 0.1) is 5.82 Å². The van der Waals surface area contributed by atoms with Crippen LogP contribution in [-0.4, -0.2) is 41.8 Å². The lowest BCUT2D eigenvalue weighted by molar-refractivity contribution is 0.0518. The molecule has 0 aliphatic carbocycles. The first kappa shape index (κ1) is 19.6. The molecule has 1 amide bonds. The molecule has 2 aromatic rings. The van der Waals surface area contributed by atoms with E-state index in [1.807, 2.05) is 6.92 Å². The molecule has 0 saturated carbocycles. The summed E-state index contributed by atoms with van der Waals surface area (Å²) in [6, 6.07) is 5.41. The van der Waals surface area contributed by atoms with Crippen molar-refractivity contribution in [1.82, 2.24) is 10.1 Å². The summed E-state index contributed by atoms with van der Waals surface area (Å²) in [4.78, 5) is 14.5. The number of carbonyl (C=O) groups is 1. The largest absolute Gasteiger partial charge is 0.484 e. The summed E-state index contributed by atoms with van der Waals surface area (Å²) in [5.41, 5.74) is 0.227. The minimum Gasteiger partial charge on any atom is -0.484 e. The Balaban J connectivity index is 1.61. The van der Waals surface area contributed by atoms with Crippen molar-refractivity contribution in [3.05, 3.63) is 46.6 Å². The lowest BCUT2D eigenvalue weighted by Gasteiger charge is -2.24. The number of benzene rings is 1. The van der Waals surface area contributed by atoms with Gasteiger partial charge in [0.25, 0.3) is 5.91 Å². The van der Waals surface area contributed by atoms with E-state index in [1.54, 1.807) is 11.0 Å². The van der Waals surface area contributed by atoms with Crippen LogP contribution in [-0.2, 0) is 11.3 Å². The fourth-order valence-corrected chi connectivity index (χ4v) is 3.19. The average Bonchev–Trinajstić information content (AvgIpc) is 3.32. The predicted molar refractivity (Wildman–Crippen MR) is 97.4 cm³/mol. The second-order valence-electron chi connectivity index (χ2n) is 6.43. The highest BCUT2D eigenvalue weighted by Crippen LogP contribution is 2.26. The van der Waals surface area contributed by atoms with E-state index in [9.17, 15) is 9.18 Å². The SMILES string of the molecule is CCCN(CC1CCCO1)C(=O)c1cc(COc2ccc(F)cc2Cl)on1. The molecule has 0 spiro atoms. The Kier molecular flexibility index (Phi) is 6.68. The summed E-state index contributed by atoms with van der Waals surface area (Å²) in [7, 11) is 0. The summed E-state index contributed by atoms with van der Waals surface area (Å²) in [6.07, 6.45) is 2.91. The fraction of sp³-hybridized carbons (Fsp3) is 0.474. The van der Waals surface area contributed by atoms with Crippen molar-refractivity contribution < 1.29 is 23.2 Å². The molecule has 6 nitrogen and oxygen atoms in total. The Morgan fingerprint density at radius 2 is 2.30 bits per heavy atom. The number of hydrogen-bond donors (Lipinski definition) is 0. The molecule has 1 aromatic carbocycles. The smallest absolute Gasteiger partial charge is 0.276 e. The third kappa shape index (κ3) is 5.20. The van der Waals surface area contributed by atoms with E-state index in [2.05, 4.69) is 5.16 Å². The van der Waals surface area contributed by atoms with Crippen molar-refractivity contribution >= 4 is 17.5 Å². The quantitative estimate of drug-likeness (QED) is 0.672. The molecule has 1 aromatic heterocycles. The first-order valence-corrected chi connectivity index (χ1v) is 9.39. The van der Waals surface area contributed by atoms with Crippen molar-refractivity contribution in [2.45, 2.75) is 38.9 Å². The topological polar surface area (TPSA) is 64.8 Å². The van der Waals surface area contributed by atoms with Crippen LogP contribution in [0.2, 0.25) is 5.02 Å². The number of amides is 1. The number of rotatable bonds is 8. The molecular formula is C19H22ClFN2O4. The van der Waals surface area contributed by atoms with E-state index >= 15 is 0 Å². The van der Waals surface area contributed by atoms with Crippen LogP contribution >= 0.6 is 11.6 Å². The number of nitrogens with zero attached hydrogens (tertiary/aromatic N) is 2. The summed E-state index contributed by atoms with van der Waals surface area (Å²) >= 11 is 5.92. The van der Waals surface area contributed by atoms with Crippen molar-refractivity contribution in [2.24, 2.45) is 0 Å². The van der Waals surface area contributed by atoms with Crippen molar-refractivity contribution in [2.75, 3.05) is 19.7 Å². The minimum atomic E-state index is -0.442. The van der Waals surface area contributed by atoms with E-state index in [-0.39, 0.29) is 29.3 Å². The fourth-order valence-electron chi connectivity index (χ4n) is 2.96. The lowest BCUT2D eigenvalue weighted by atomic mass is 10.2. The molecule has 0 bridgehead atoms. The normalized spacial score (nSPS) is 16.5. The van der Waals surface area contributed by atoms with Gasteiger partial charge in [-0.1, -0.05) is 23.7 Å². The van der Waals surface area contributed by atoms with Gasteiger partial charge in [-0.15, -0.1) is 0 Å². The van der Waals surface area contributed by atoms with E-state index in [1.165, 1.54) is 18.2 Å². The highest BCUT2D eigenvalue weighted by Gasteiger charge is 2.25. The van der Waals surface area contributed by atoms with Crippen LogP contribution in [0.1, 0.15) is 42.4 Å². The molecule has 1 atom stereocenters. The van der Waals surface area contributed by atoms with Crippen molar-refractivity contribution in [1.29, 1.82) is 0 Å². The van der Waals surface area contributed by atoms with E-state index in [0.717, 1.165) is 25.9 Å². The molecule has 27 heavy (non-hydrogen) atoms. The van der Waals surface area contributed by atoms with Gasteiger partial charge in [0.15, 0.2) is 11.5 Å². The maximum atomic E-state index is 13.1. The van der Waals surface area contributed by atoms with Gasteiger partial charge >= 0.3 is 0 Å². The Bertz CT molecular complexity index is 777. The average molecular weight is 397 g/mol. The first-order valence-electron chi connectivity index (χ1n) is 9.01. The molecular weight excluding hydrogens is 375 g/mol. The van der Waals surface area contributed by atoms with Gasteiger partial charge < -0.3 is 18.9 Å². The molecule has 0 N–H and O–H groups in total. The molecule has 1 unspecified atom stereocenters. The summed E-state index contributed by atoms with van der Waals surface area (Å²) in [5.74, 6) is 0.0740. The number of halogens is 2. The van der Waals surface area contributed by atoms with Crippen LogP contribution in [0.15, 0.2) is 28.8 Å². The van der Waals surface area contributed by atoms with Gasteiger partial charge in [-0.2, -0.15) is 0 Å². The zero-order chi connectivity index (χ0) is 19.2. The Morgan fingerprint density at radius 3 is 3.00 bits per heavy atom. The van der Waals surface area contributed by atoms with E-state index in [4.69, 9.17) is 25.6 Å². The zero-order valence-corrected chi connectivity index (χ0v) is 15.9. The number of aromatic nitrogens is 1. The number of carbonyl (C=O) groups excluding carboxylic acids is 1. The monoisotopic (exact) mass is 396 g/mol. The second-order valence-corrected chi connectivity index (χ2v) is 6.84. The number of hydrogen-bond acceptors (Lipinski definition) is 5. The molecule has 3 rings (SSSR count). The van der Waals surface area contributed by atoms with Gasteiger partial charge in [0, 0.05) is 25.8 Å². The van der Waals surface area contributed by atoms with Crippen LogP contribution in [0.5, 0.6) is 5.75 Å². The predicted octanol–water partition coefficient (Wildman–Crippen LogP) is 4.08. The Hall–Kier alpha value is -2.12. The maximum absolute atomic E-state index is 13.1. The first-order chi connectivity index (χ1) is 13.1. The highest BCUT2D eigenvalue weighted by molar-refractivity contribution is 6.32. The third-order valence-corrected chi connectivity index (χ3v) is 4.57. The van der Waals surface area contributed by atoms with Gasteiger partial charge in [0.05, 0.1) is 11.1 Å². The van der Waals surface area contributed by atoms with E-state index in [0.29, 0.717) is 24.6 Å². The van der Waals surface area contributed by atoms with Crippen LogP contribution in [0.25, 0.3) is 0 Å².